The molecule has 0 spiro atoms. The summed E-state index contributed by atoms with van der Waals surface area (Å²) < 4.78 is 3.04. The summed E-state index contributed by atoms with van der Waals surface area (Å²) in [7, 11) is 1.75. The number of aryl methyl sites for hydroxylation is 2. The first-order valence-electron chi connectivity index (χ1n) is 4.95. The lowest BCUT2D eigenvalue weighted by atomic mass is 10.2. The Kier molecular flexibility index (Phi) is 2.54. The van der Waals surface area contributed by atoms with Gasteiger partial charge in [0.15, 0.2) is 0 Å². The number of hydrogen-bond donors (Lipinski definition) is 1. The van der Waals surface area contributed by atoms with Crippen molar-refractivity contribution in [3.8, 4) is 0 Å². The fourth-order valence-corrected chi connectivity index (χ4v) is 1.61. The highest BCUT2D eigenvalue weighted by Crippen LogP contribution is 2.17. The molecule has 2 heterocycles. The Balaban J connectivity index is 2.28. The van der Waals surface area contributed by atoms with Crippen molar-refractivity contribution in [2.24, 2.45) is 7.05 Å². The number of rotatable bonds is 3. The van der Waals surface area contributed by atoms with Crippen LogP contribution >= 0.6 is 0 Å². The van der Waals surface area contributed by atoms with Crippen molar-refractivity contribution in [1.29, 1.82) is 0 Å². The highest BCUT2D eigenvalue weighted by atomic mass is 16.6. The molecule has 0 aliphatic carbocycles. The predicted molar refractivity (Wildman–Crippen MR) is 60.3 cm³/mol. The maximum absolute atomic E-state index is 10.5. The molecule has 8 heteroatoms. The zero-order chi connectivity index (χ0) is 12.6. The maximum atomic E-state index is 10.5. The van der Waals surface area contributed by atoms with E-state index in [1.807, 2.05) is 6.92 Å². The van der Waals surface area contributed by atoms with Gasteiger partial charge in [-0.25, -0.2) is 0 Å². The Hall–Kier alpha value is -2.38. The number of anilines is 1. The van der Waals surface area contributed by atoms with Crippen LogP contribution in [0.2, 0.25) is 0 Å². The van der Waals surface area contributed by atoms with E-state index in [0.29, 0.717) is 12.4 Å². The molecule has 0 aromatic carbocycles. The first-order valence-corrected chi connectivity index (χ1v) is 4.95. The fraction of sp³-hybridized carbons (Fsp3) is 0.333. The molecule has 0 amide bonds. The average Bonchev–Trinajstić information content (AvgIpc) is 2.80. The third kappa shape index (κ3) is 1.96. The maximum Gasteiger partial charge on any atom is 0.389 e. The number of nitro groups is 1. The van der Waals surface area contributed by atoms with E-state index < -0.39 is 4.92 Å². The fourth-order valence-electron chi connectivity index (χ4n) is 1.61. The molecule has 2 aromatic rings. The Bertz CT molecular complexity index is 570. The minimum Gasteiger partial charge on any atom is -0.384 e. The lowest BCUT2D eigenvalue weighted by Gasteiger charge is -1.98. The van der Waals surface area contributed by atoms with Gasteiger partial charge >= 0.3 is 5.82 Å². The molecule has 0 saturated heterocycles. The highest BCUT2D eigenvalue weighted by Gasteiger charge is 2.15. The van der Waals surface area contributed by atoms with E-state index in [9.17, 15) is 10.1 Å². The normalized spacial score (nSPS) is 10.7. The number of aromatic nitrogens is 4. The molecule has 8 nitrogen and oxygen atoms in total. The van der Waals surface area contributed by atoms with E-state index >= 15 is 0 Å². The average molecular weight is 236 g/mol. The van der Waals surface area contributed by atoms with E-state index in [2.05, 4.69) is 10.2 Å². The van der Waals surface area contributed by atoms with Crippen LogP contribution in [0.15, 0.2) is 12.3 Å². The minimum atomic E-state index is -0.532. The van der Waals surface area contributed by atoms with Crippen LogP contribution in [0.4, 0.5) is 11.6 Å². The second kappa shape index (κ2) is 3.89. The summed E-state index contributed by atoms with van der Waals surface area (Å²) in [5, 5.41) is 18.5. The van der Waals surface area contributed by atoms with Gasteiger partial charge < -0.3 is 15.8 Å². The molecular formula is C9H12N6O2. The molecule has 0 atom stereocenters. The first kappa shape index (κ1) is 11.1. The molecule has 2 rings (SSSR count). The molecule has 0 radical (unpaired) electrons. The van der Waals surface area contributed by atoms with Gasteiger partial charge in [-0.2, -0.15) is 9.78 Å². The van der Waals surface area contributed by atoms with Gasteiger partial charge in [0, 0.05) is 12.6 Å². The molecule has 2 aromatic heterocycles. The summed E-state index contributed by atoms with van der Waals surface area (Å²) in [6.45, 7) is 2.21. The molecule has 0 saturated carbocycles. The molecule has 0 fully saturated rings. The lowest BCUT2D eigenvalue weighted by Crippen LogP contribution is -2.05. The zero-order valence-electron chi connectivity index (χ0n) is 9.49. The standard InChI is InChI=1S/C9H12N6O2/c1-6-7(9(10)13(2)11-6)5-14-4-3-8(12-14)15(16)17/h3-4H,5,10H2,1-2H3. The van der Waals surface area contributed by atoms with E-state index in [0.717, 1.165) is 11.3 Å². The Labute approximate surface area is 96.8 Å². The summed E-state index contributed by atoms with van der Waals surface area (Å²) in [5.41, 5.74) is 7.46. The van der Waals surface area contributed by atoms with Crippen LogP contribution in [0.25, 0.3) is 0 Å². The van der Waals surface area contributed by atoms with Crippen LogP contribution in [0, 0.1) is 17.0 Å². The largest absolute Gasteiger partial charge is 0.389 e. The van der Waals surface area contributed by atoms with Crippen molar-refractivity contribution in [1.82, 2.24) is 19.6 Å². The van der Waals surface area contributed by atoms with E-state index in [1.54, 1.807) is 17.9 Å². The summed E-state index contributed by atoms with van der Waals surface area (Å²) in [6.07, 6.45) is 1.55. The van der Waals surface area contributed by atoms with Gasteiger partial charge in [0.25, 0.3) is 0 Å². The molecule has 2 N–H and O–H groups in total. The molecule has 90 valence electrons. The second-order valence-electron chi connectivity index (χ2n) is 3.70. The van der Waals surface area contributed by atoms with Crippen LogP contribution in [-0.2, 0) is 13.6 Å². The molecular weight excluding hydrogens is 224 g/mol. The van der Waals surface area contributed by atoms with Crippen LogP contribution in [0.3, 0.4) is 0 Å². The summed E-state index contributed by atoms with van der Waals surface area (Å²) in [5.74, 6) is 0.366. The van der Waals surface area contributed by atoms with Gasteiger partial charge in [0.05, 0.1) is 29.6 Å². The summed E-state index contributed by atoms with van der Waals surface area (Å²) in [6, 6.07) is 1.35. The van der Waals surface area contributed by atoms with Gasteiger partial charge in [-0.05, 0) is 11.8 Å². The van der Waals surface area contributed by atoms with Crippen molar-refractivity contribution in [2.45, 2.75) is 13.5 Å². The highest BCUT2D eigenvalue weighted by molar-refractivity contribution is 5.43. The predicted octanol–water partition coefficient (Wildman–Crippen LogP) is 0.464. The van der Waals surface area contributed by atoms with Crippen LogP contribution in [-0.4, -0.2) is 24.5 Å². The third-order valence-corrected chi connectivity index (χ3v) is 2.53. The SMILES string of the molecule is Cc1nn(C)c(N)c1Cn1ccc([N+](=O)[O-])n1. The van der Waals surface area contributed by atoms with Crippen molar-refractivity contribution in [2.75, 3.05) is 5.73 Å². The van der Waals surface area contributed by atoms with E-state index in [1.165, 1.54) is 10.7 Å². The van der Waals surface area contributed by atoms with Gasteiger partial charge in [-0.1, -0.05) is 0 Å². The molecule has 0 aliphatic heterocycles. The minimum absolute atomic E-state index is 0.176. The third-order valence-electron chi connectivity index (χ3n) is 2.53. The molecule has 17 heavy (non-hydrogen) atoms. The Morgan fingerprint density at radius 2 is 2.24 bits per heavy atom. The van der Waals surface area contributed by atoms with Gasteiger partial charge in [-0.3, -0.25) is 4.68 Å². The summed E-state index contributed by atoms with van der Waals surface area (Å²) >= 11 is 0. The monoisotopic (exact) mass is 236 g/mol. The quantitative estimate of drug-likeness (QED) is 0.615. The Morgan fingerprint density at radius 3 is 2.71 bits per heavy atom. The molecule has 0 unspecified atom stereocenters. The molecule has 0 bridgehead atoms. The van der Waals surface area contributed by atoms with Crippen molar-refractivity contribution in [3.05, 3.63) is 33.6 Å². The van der Waals surface area contributed by atoms with Crippen molar-refractivity contribution < 1.29 is 4.92 Å². The topological polar surface area (TPSA) is 105 Å². The lowest BCUT2D eigenvalue weighted by molar-refractivity contribution is -0.389. The van der Waals surface area contributed by atoms with Gasteiger partial charge in [0.2, 0.25) is 0 Å². The Morgan fingerprint density at radius 1 is 1.53 bits per heavy atom. The van der Waals surface area contributed by atoms with Crippen molar-refractivity contribution >= 4 is 11.6 Å². The summed E-state index contributed by atoms with van der Waals surface area (Å²) in [4.78, 5) is 9.96. The van der Waals surface area contributed by atoms with Crippen LogP contribution < -0.4 is 5.73 Å². The smallest absolute Gasteiger partial charge is 0.384 e. The number of nitrogens with two attached hydrogens (primary N) is 1. The number of nitrogen functional groups attached to an aromatic ring is 1. The zero-order valence-corrected chi connectivity index (χ0v) is 9.49. The number of nitrogens with zero attached hydrogens (tertiary/aromatic N) is 5. The first-order chi connectivity index (χ1) is 7.99. The van der Waals surface area contributed by atoms with Crippen molar-refractivity contribution in [3.63, 3.8) is 0 Å². The van der Waals surface area contributed by atoms with Gasteiger partial charge in [-0.15, -0.1) is 0 Å². The van der Waals surface area contributed by atoms with E-state index in [-0.39, 0.29) is 5.82 Å². The van der Waals surface area contributed by atoms with Crippen LogP contribution in [0.1, 0.15) is 11.3 Å². The van der Waals surface area contributed by atoms with Crippen LogP contribution in [0.5, 0.6) is 0 Å². The molecule has 0 aliphatic rings. The van der Waals surface area contributed by atoms with E-state index in [4.69, 9.17) is 5.73 Å². The second-order valence-corrected chi connectivity index (χ2v) is 3.70. The number of hydrogen-bond acceptors (Lipinski definition) is 5. The van der Waals surface area contributed by atoms with Gasteiger partial charge in [0.1, 0.15) is 5.82 Å².